The summed E-state index contributed by atoms with van der Waals surface area (Å²) in [5, 5.41) is 0. The van der Waals surface area contributed by atoms with Crippen LogP contribution in [0.15, 0.2) is 0 Å². The van der Waals surface area contributed by atoms with Crippen molar-refractivity contribution in [2.45, 2.75) is 70.8 Å². The lowest BCUT2D eigenvalue weighted by molar-refractivity contribution is 0.572. The lowest BCUT2D eigenvalue weighted by atomic mass is 10.1. The summed E-state index contributed by atoms with van der Waals surface area (Å²) in [6.45, 7) is 2.26. The molecule has 0 saturated carbocycles. The van der Waals surface area contributed by atoms with Gasteiger partial charge in [-0.3, -0.25) is 0 Å². The van der Waals surface area contributed by atoms with Gasteiger partial charge in [0.05, 0.1) is 0 Å². The van der Waals surface area contributed by atoms with E-state index in [9.17, 15) is 0 Å². The van der Waals surface area contributed by atoms with E-state index in [2.05, 4.69) is 6.92 Å². The molecule has 3 heteroatoms. The Hall–Kier alpha value is 0.797. The predicted molar refractivity (Wildman–Crippen MR) is 70.9 cm³/mol. The quantitative estimate of drug-likeness (QED) is 0.285. The number of halogens is 2. The largest absolute Gasteiger partial charge is 0.237 e. The summed E-state index contributed by atoms with van der Waals surface area (Å²) in [5.74, 6) is 0. The monoisotopic (exact) mass is 254 g/mol. The van der Waals surface area contributed by atoms with Crippen LogP contribution in [0.2, 0.25) is 6.04 Å². The van der Waals surface area contributed by atoms with E-state index < -0.39 is 7.42 Å². The van der Waals surface area contributed by atoms with Crippen molar-refractivity contribution in [3.8, 4) is 0 Å². The summed E-state index contributed by atoms with van der Waals surface area (Å²) in [6.07, 6.45) is 12.4. The van der Waals surface area contributed by atoms with Crippen molar-refractivity contribution in [3.05, 3.63) is 0 Å². The standard InChI is InChI=1S/C11H24Cl2Si/c1-2-3-4-5-6-7-8-9-10-11-14(12)13/h14H,2-11H2,1H3. The molecule has 0 heterocycles. The topological polar surface area (TPSA) is 0 Å². The van der Waals surface area contributed by atoms with Gasteiger partial charge in [-0.15, -0.1) is 0 Å². The molecule has 0 bridgehead atoms. The number of rotatable bonds is 10. The summed E-state index contributed by atoms with van der Waals surface area (Å²) in [5.41, 5.74) is 0. The van der Waals surface area contributed by atoms with Crippen molar-refractivity contribution in [3.63, 3.8) is 0 Å². The Labute approximate surface area is 100 Å². The van der Waals surface area contributed by atoms with Crippen molar-refractivity contribution >= 4 is 29.6 Å². The van der Waals surface area contributed by atoms with Crippen molar-refractivity contribution in [2.75, 3.05) is 0 Å². The molecule has 0 amide bonds. The van der Waals surface area contributed by atoms with Gasteiger partial charge < -0.3 is 0 Å². The van der Waals surface area contributed by atoms with Gasteiger partial charge in [0.15, 0.2) is 0 Å². The molecule has 0 fully saturated rings. The molecule has 0 N–H and O–H groups in total. The van der Waals surface area contributed by atoms with Crippen molar-refractivity contribution in [1.29, 1.82) is 0 Å². The van der Waals surface area contributed by atoms with Crippen LogP contribution in [0, 0.1) is 0 Å². The maximum atomic E-state index is 5.78. The molecular weight excluding hydrogens is 231 g/mol. The highest BCUT2D eigenvalue weighted by Gasteiger charge is 2.00. The molecule has 0 atom stereocenters. The van der Waals surface area contributed by atoms with Gasteiger partial charge in [0.25, 0.3) is 0 Å². The summed E-state index contributed by atoms with van der Waals surface area (Å²) in [4.78, 5) is 0. The highest BCUT2D eigenvalue weighted by molar-refractivity contribution is 7.33. The van der Waals surface area contributed by atoms with Gasteiger partial charge in [-0.05, 0) is 6.04 Å². The van der Waals surface area contributed by atoms with Crippen LogP contribution in [0.5, 0.6) is 0 Å². The fourth-order valence-corrected chi connectivity index (χ4v) is 3.13. The maximum Gasteiger partial charge on any atom is 0.237 e. The summed E-state index contributed by atoms with van der Waals surface area (Å²) in [6, 6.07) is 1.10. The number of unbranched alkanes of at least 4 members (excludes halogenated alkanes) is 8. The van der Waals surface area contributed by atoms with Crippen LogP contribution in [-0.2, 0) is 0 Å². The third-order valence-electron chi connectivity index (χ3n) is 2.53. The number of hydrogen-bond donors (Lipinski definition) is 0. The zero-order valence-corrected chi connectivity index (χ0v) is 12.1. The Morgan fingerprint density at radius 2 is 1.14 bits per heavy atom. The Balaban J connectivity index is 2.85. The molecule has 0 saturated heterocycles. The van der Waals surface area contributed by atoms with Crippen LogP contribution in [-0.4, -0.2) is 7.42 Å². The zero-order valence-electron chi connectivity index (χ0n) is 9.40. The molecule has 0 rings (SSSR count). The molecule has 14 heavy (non-hydrogen) atoms. The van der Waals surface area contributed by atoms with Gasteiger partial charge in [0, 0.05) is 0 Å². The van der Waals surface area contributed by atoms with Crippen molar-refractivity contribution in [1.82, 2.24) is 0 Å². The van der Waals surface area contributed by atoms with Gasteiger partial charge in [0.1, 0.15) is 0 Å². The first kappa shape index (κ1) is 14.8. The lowest BCUT2D eigenvalue weighted by Crippen LogP contribution is -1.91. The smallest absolute Gasteiger partial charge is 0.150 e. The fraction of sp³-hybridized carbons (Fsp3) is 1.00. The van der Waals surface area contributed by atoms with Gasteiger partial charge in [-0.2, -0.15) is 22.2 Å². The minimum Gasteiger partial charge on any atom is -0.150 e. The van der Waals surface area contributed by atoms with Gasteiger partial charge >= 0.3 is 0 Å². The molecule has 0 aliphatic rings. The highest BCUT2D eigenvalue weighted by atomic mass is 35.7. The number of hydrogen-bond acceptors (Lipinski definition) is 0. The Bertz CT molecular complexity index is 107. The molecule has 86 valence electrons. The first-order chi connectivity index (χ1) is 6.77. The summed E-state index contributed by atoms with van der Waals surface area (Å²) >= 11 is 11.6. The molecule has 0 radical (unpaired) electrons. The van der Waals surface area contributed by atoms with Crippen LogP contribution in [0.3, 0.4) is 0 Å². The van der Waals surface area contributed by atoms with E-state index in [1.807, 2.05) is 0 Å². The third-order valence-corrected chi connectivity index (χ3v) is 4.68. The minimum atomic E-state index is -1.30. The molecular formula is C11H24Cl2Si. The van der Waals surface area contributed by atoms with Crippen molar-refractivity contribution < 1.29 is 0 Å². The maximum absolute atomic E-state index is 5.78. The van der Waals surface area contributed by atoms with E-state index in [-0.39, 0.29) is 0 Å². The second kappa shape index (κ2) is 11.9. The van der Waals surface area contributed by atoms with Crippen LogP contribution in [0.4, 0.5) is 0 Å². The van der Waals surface area contributed by atoms with Gasteiger partial charge in [0.2, 0.25) is 7.42 Å². The molecule has 0 unspecified atom stereocenters. The molecule has 0 aromatic heterocycles. The third kappa shape index (κ3) is 12.8. The molecule has 0 aliphatic heterocycles. The molecule has 0 aromatic carbocycles. The second-order valence-electron chi connectivity index (χ2n) is 4.01. The molecule has 0 nitrogen and oxygen atoms in total. The van der Waals surface area contributed by atoms with Gasteiger partial charge in [-0.1, -0.05) is 64.7 Å². The van der Waals surface area contributed by atoms with Crippen LogP contribution in [0.25, 0.3) is 0 Å². The first-order valence-corrected chi connectivity index (χ1v) is 10.4. The van der Waals surface area contributed by atoms with Crippen molar-refractivity contribution in [2.24, 2.45) is 0 Å². The van der Waals surface area contributed by atoms with E-state index in [1.165, 1.54) is 57.8 Å². The van der Waals surface area contributed by atoms with E-state index in [0.29, 0.717) is 0 Å². The normalized spacial score (nSPS) is 11.1. The summed E-state index contributed by atoms with van der Waals surface area (Å²) in [7, 11) is -1.30. The molecule has 0 aromatic rings. The predicted octanol–water partition coefficient (Wildman–Crippen LogP) is 5.22. The Morgan fingerprint density at radius 1 is 0.714 bits per heavy atom. The molecule has 0 spiro atoms. The Kier molecular flexibility index (Phi) is 12.5. The average Bonchev–Trinajstić information content (AvgIpc) is 2.15. The SMILES string of the molecule is CCCCCCCCCCC[SiH](Cl)Cl. The fourth-order valence-electron chi connectivity index (χ4n) is 1.61. The minimum absolute atomic E-state index is 1.10. The van der Waals surface area contributed by atoms with E-state index in [0.717, 1.165) is 6.04 Å². The zero-order chi connectivity index (χ0) is 10.6. The lowest BCUT2D eigenvalue weighted by Gasteiger charge is -2.01. The van der Waals surface area contributed by atoms with Crippen LogP contribution < -0.4 is 0 Å². The first-order valence-electron chi connectivity index (χ1n) is 6.05. The van der Waals surface area contributed by atoms with Crippen LogP contribution in [0.1, 0.15) is 64.7 Å². The molecule has 0 aliphatic carbocycles. The highest BCUT2D eigenvalue weighted by Crippen LogP contribution is 2.13. The van der Waals surface area contributed by atoms with E-state index in [4.69, 9.17) is 22.2 Å². The summed E-state index contributed by atoms with van der Waals surface area (Å²) < 4.78 is 0. The second-order valence-corrected chi connectivity index (χ2v) is 9.20. The average molecular weight is 255 g/mol. The van der Waals surface area contributed by atoms with E-state index in [1.54, 1.807) is 0 Å². The van der Waals surface area contributed by atoms with Crippen LogP contribution >= 0.6 is 22.2 Å². The van der Waals surface area contributed by atoms with E-state index >= 15 is 0 Å². The Morgan fingerprint density at radius 3 is 1.57 bits per heavy atom. The van der Waals surface area contributed by atoms with Gasteiger partial charge in [-0.25, -0.2) is 0 Å².